The third-order valence-corrected chi connectivity index (χ3v) is 4.99. The largest absolute Gasteiger partial charge is 0.396 e. The number of aliphatic hydroxyl groups is 1. The van der Waals surface area contributed by atoms with Gasteiger partial charge in [0.2, 0.25) is 5.91 Å². The van der Waals surface area contributed by atoms with Crippen molar-refractivity contribution in [3.8, 4) is 0 Å². The molecule has 0 bridgehead atoms. The normalized spacial score (nSPS) is 21.5. The number of carbonyl (C=O) groups excluding carboxylic acids is 1. The molecule has 1 saturated carbocycles. The lowest BCUT2D eigenvalue weighted by molar-refractivity contribution is -0.133. The Morgan fingerprint density at radius 1 is 1.30 bits per heavy atom. The minimum Gasteiger partial charge on any atom is -0.396 e. The van der Waals surface area contributed by atoms with Crippen LogP contribution in [0.5, 0.6) is 0 Å². The molecule has 2 N–H and O–H groups in total. The summed E-state index contributed by atoms with van der Waals surface area (Å²) in [6.07, 6.45) is 3.73. The number of nitrogens with one attached hydrogen (secondary N) is 1. The Bertz CT molecular complexity index is 741. The molecule has 1 heterocycles. The summed E-state index contributed by atoms with van der Waals surface area (Å²) in [6, 6.07) is 7.59. The van der Waals surface area contributed by atoms with Crippen molar-refractivity contribution in [3.05, 3.63) is 34.7 Å². The Morgan fingerprint density at radius 3 is 2.70 bits per heavy atom. The van der Waals surface area contributed by atoms with Crippen molar-refractivity contribution in [1.82, 2.24) is 14.5 Å². The number of H-pyrrole nitrogens is 1. The monoisotopic (exact) mass is 317 g/mol. The average molecular weight is 317 g/mol. The summed E-state index contributed by atoms with van der Waals surface area (Å²) in [6.45, 7) is 0.286. The highest BCUT2D eigenvalue weighted by atomic mass is 16.3. The number of likely N-dealkylation sites (N-methyl/N-ethyl adjacent to an activating group) is 1. The number of benzene rings is 1. The van der Waals surface area contributed by atoms with Crippen LogP contribution >= 0.6 is 0 Å². The highest BCUT2D eigenvalue weighted by Crippen LogP contribution is 2.26. The molecule has 124 valence electrons. The van der Waals surface area contributed by atoms with Gasteiger partial charge in [-0.3, -0.25) is 9.36 Å². The summed E-state index contributed by atoms with van der Waals surface area (Å²) < 4.78 is 1.49. The molecule has 1 fully saturated rings. The minimum absolute atomic E-state index is 0.0516. The Hall–Kier alpha value is -2.08. The van der Waals surface area contributed by atoms with Gasteiger partial charge in [-0.05, 0) is 43.7 Å². The summed E-state index contributed by atoms with van der Waals surface area (Å²) in [5, 5.41) is 9.21. The standard InChI is InChI=1S/C17H23N3O3/c1-19(13-8-6-12(11-21)7-9-13)16(22)10-20-15-5-3-2-4-14(15)18-17(20)23/h2-5,12-13,21H,6-11H2,1H3,(H,18,23). The SMILES string of the molecule is CN(C(=O)Cn1c(=O)[nH]c2ccccc21)C1CCC(CO)CC1. The number of fused-ring (bicyclic) bond motifs is 1. The molecule has 1 aromatic carbocycles. The van der Waals surface area contributed by atoms with Gasteiger partial charge in [0.25, 0.3) is 0 Å². The molecule has 2 aromatic rings. The van der Waals surface area contributed by atoms with E-state index in [1.54, 1.807) is 4.90 Å². The molecule has 0 aliphatic heterocycles. The van der Waals surface area contributed by atoms with Gasteiger partial charge in [0.05, 0.1) is 11.0 Å². The second kappa shape index (κ2) is 6.58. The van der Waals surface area contributed by atoms with E-state index in [4.69, 9.17) is 0 Å². The summed E-state index contributed by atoms with van der Waals surface area (Å²) >= 11 is 0. The van der Waals surface area contributed by atoms with Gasteiger partial charge in [0, 0.05) is 19.7 Å². The van der Waals surface area contributed by atoms with Crippen molar-refractivity contribution in [2.24, 2.45) is 5.92 Å². The fourth-order valence-electron chi connectivity index (χ4n) is 3.43. The highest BCUT2D eigenvalue weighted by molar-refractivity contribution is 5.80. The molecule has 6 nitrogen and oxygen atoms in total. The maximum absolute atomic E-state index is 12.6. The first kappa shape index (κ1) is 15.8. The quantitative estimate of drug-likeness (QED) is 0.893. The van der Waals surface area contributed by atoms with Crippen molar-refractivity contribution < 1.29 is 9.90 Å². The summed E-state index contributed by atoms with van der Waals surface area (Å²) in [4.78, 5) is 29.2. The van der Waals surface area contributed by atoms with E-state index in [0.29, 0.717) is 5.92 Å². The van der Waals surface area contributed by atoms with Crippen LogP contribution in [0.25, 0.3) is 11.0 Å². The molecule has 6 heteroatoms. The lowest BCUT2D eigenvalue weighted by Crippen LogP contribution is -2.42. The van der Waals surface area contributed by atoms with Crippen molar-refractivity contribution in [2.75, 3.05) is 13.7 Å². The molecule has 0 radical (unpaired) electrons. The molecule has 23 heavy (non-hydrogen) atoms. The van der Waals surface area contributed by atoms with Gasteiger partial charge in [-0.2, -0.15) is 0 Å². The number of hydrogen-bond acceptors (Lipinski definition) is 3. The number of aromatic amines is 1. The van der Waals surface area contributed by atoms with Crippen LogP contribution < -0.4 is 5.69 Å². The van der Waals surface area contributed by atoms with Crippen molar-refractivity contribution in [1.29, 1.82) is 0 Å². The maximum Gasteiger partial charge on any atom is 0.326 e. The Labute approximate surface area is 134 Å². The van der Waals surface area contributed by atoms with Crippen LogP contribution in [0.2, 0.25) is 0 Å². The van der Waals surface area contributed by atoms with Crippen molar-refractivity contribution >= 4 is 16.9 Å². The Morgan fingerprint density at radius 2 is 2.00 bits per heavy atom. The summed E-state index contributed by atoms with van der Waals surface area (Å²) in [7, 11) is 1.81. The number of amides is 1. The van der Waals surface area contributed by atoms with E-state index in [0.717, 1.165) is 36.7 Å². The van der Waals surface area contributed by atoms with E-state index in [2.05, 4.69) is 4.98 Å². The van der Waals surface area contributed by atoms with Crippen LogP contribution in [0.3, 0.4) is 0 Å². The second-order valence-corrected chi connectivity index (χ2v) is 6.40. The Kier molecular flexibility index (Phi) is 4.52. The number of para-hydroxylation sites is 2. The molecule has 1 aliphatic rings. The van der Waals surface area contributed by atoms with Gasteiger partial charge in [0.1, 0.15) is 6.54 Å². The van der Waals surface area contributed by atoms with Crippen LogP contribution in [0.4, 0.5) is 0 Å². The van der Waals surface area contributed by atoms with Crippen LogP contribution in [0.1, 0.15) is 25.7 Å². The third kappa shape index (κ3) is 3.17. The number of aromatic nitrogens is 2. The number of hydrogen-bond donors (Lipinski definition) is 2. The number of imidazole rings is 1. The third-order valence-electron chi connectivity index (χ3n) is 4.99. The molecule has 3 rings (SSSR count). The topological polar surface area (TPSA) is 78.3 Å². The predicted molar refractivity (Wildman–Crippen MR) is 88.2 cm³/mol. The zero-order valence-electron chi connectivity index (χ0n) is 13.4. The van der Waals surface area contributed by atoms with Gasteiger partial charge in [0.15, 0.2) is 0 Å². The van der Waals surface area contributed by atoms with E-state index in [9.17, 15) is 14.7 Å². The van der Waals surface area contributed by atoms with Gasteiger partial charge in [-0.1, -0.05) is 12.1 Å². The van der Waals surface area contributed by atoms with Crippen LogP contribution in [0.15, 0.2) is 29.1 Å². The molecule has 1 aromatic heterocycles. The first-order valence-corrected chi connectivity index (χ1v) is 8.14. The molecular formula is C17H23N3O3. The lowest BCUT2D eigenvalue weighted by atomic mass is 9.86. The lowest BCUT2D eigenvalue weighted by Gasteiger charge is -2.34. The molecule has 1 amide bonds. The number of nitrogens with zero attached hydrogens (tertiary/aromatic N) is 2. The molecule has 0 saturated heterocycles. The van der Waals surface area contributed by atoms with E-state index in [1.807, 2.05) is 31.3 Å². The minimum atomic E-state index is -0.253. The fourth-order valence-corrected chi connectivity index (χ4v) is 3.43. The van der Waals surface area contributed by atoms with Gasteiger partial charge in [-0.15, -0.1) is 0 Å². The molecule has 0 spiro atoms. The van der Waals surface area contributed by atoms with Crippen LogP contribution in [0, 0.1) is 5.92 Å². The van der Waals surface area contributed by atoms with E-state index >= 15 is 0 Å². The number of rotatable bonds is 4. The number of carbonyl (C=O) groups is 1. The van der Waals surface area contributed by atoms with Gasteiger partial charge < -0.3 is 15.0 Å². The van der Waals surface area contributed by atoms with Crippen LogP contribution in [-0.4, -0.2) is 45.2 Å². The predicted octanol–water partition coefficient (Wildman–Crippen LogP) is 1.34. The second-order valence-electron chi connectivity index (χ2n) is 6.40. The van der Waals surface area contributed by atoms with Crippen molar-refractivity contribution in [2.45, 2.75) is 38.3 Å². The molecular weight excluding hydrogens is 294 g/mol. The van der Waals surface area contributed by atoms with E-state index in [-0.39, 0.29) is 30.8 Å². The first-order valence-electron chi connectivity index (χ1n) is 8.14. The van der Waals surface area contributed by atoms with Crippen molar-refractivity contribution in [3.63, 3.8) is 0 Å². The average Bonchev–Trinajstić information content (AvgIpc) is 2.90. The van der Waals surface area contributed by atoms with E-state index < -0.39 is 0 Å². The molecule has 1 aliphatic carbocycles. The fraction of sp³-hybridized carbons (Fsp3) is 0.529. The van der Waals surface area contributed by atoms with Gasteiger partial charge >= 0.3 is 5.69 Å². The molecule has 0 atom stereocenters. The summed E-state index contributed by atoms with van der Waals surface area (Å²) in [5.74, 6) is 0.315. The molecule has 0 unspecified atom stereocenters. The van der Waals surface area contributed by atoms with Gasteiger partial charge in [-0.25, -0.2) is 4.79 Å². The zero-order valence-corrected chi connectivity index (χ0v) is 13.4. The first-order chi connectivity index (χ1) is 11.1. The zero-order chi connectivity index (χ0) is 16.4. The Balaban J connectivity index is 1.71. The maximum atomic E-state index is 12.6. The van der Waals surface area contributed by atoms with Crippen LogP contribution in [-0.2, 0) is 11.3 Å². The highest BCUT2D eigenvalue weighted by Gasteiger charge is 2.26. The smallest absolute Gasteiger partial charge is 0.326 e. The van der Waals surface area contributed by atoms with E-state index in [1.165, 1.54) is 4.57 Å². The summed E-state index contributed by atoms with van der Waals surface area (Å²) in [5.41, 5.74) is 1.25. The number of aliphatic hydroxyl groups excluding tert-OH is 1.